The highest BCUT2D eigenvalue weighted by Gasteiger charge is 2.64. The Morgan fingerprint density at radius 2 is 1.95 bits per heavy atom. The predicted molar refractivity (Wildman–Crippen MR) is 164 cm³/mol. The molecule has 0 spiro atoms. The summed E-state index contributed by atoms with van der Waals surface area (Å²) in [6.45, 7) is 8.95. The van der Waals surface area contributed by atoms with Crippen LogP contribution in [0.2, 0.25) is 5.02 Å². The average molecular weight is 635 g/mol. The van der Waals surface area contributed by atoms with E-state index in [1.807, 2.05) is 32.1 Å². The van der Waals surface area contributed by atoms with Gasteiger partial charge in [-0.2, -0.15) is 0 Å². The standard InChI is InChI=1S/C32H43ClN2O9/c1-17(2)29(37)43-25-15-26(36)35(6)21-13-20(14-22(40-7)27(21)33)12-18(3)10-9-11-24(41-8)32(39)16-23(42-30(38)34-32)19(4)28-31(25,5)44-28/h9-11,13-14,17,19,23-25,28,39H,12,15-16H2,1-8H3,(H,34,38)/b11-9-,18-10-. The van der Waals surface area contributed by atoms with E-state index in [1.54, 1.807) is 40.0 Å². The van der Waals surface area contributed by atoms with Gasteiger partial charge in [-0.25, -0.2) is 4.79 Å². The van der Waals surface area contributed by atoms with Gasteiger partial charge >= 0.3 is 12.1 Å². The van der Waals surface area contributed by atoms with Crippen LogP contribution in [0.5, 0.6) is 5.75 Å². The van der Waals surface area contributed by atoms with Crippen LogP contribution in [0.4, 0.5) is 10.5 Å². The first-order chi connectivity index (χ1) is 20.6. The zero-order valence-corrected chi connectivity index (χ0v) is 27.3. The second-order valence-electron chi connectivity index (χ2n) is 12.4. The third kappa shape index (κ3) is 6.91. The number of epoxide rings is 1. The molecule has 2 amide bonds. The SMILES string of the molecule is COc1cc2cc(c1Cl)N(C)C(=O)CC(OC(=O)C(C)C)C1(C)OC1C(C)C1CC(O)(NC(=O)O1)C(OC)/C=C\C=C(\C)C2. The molecule has 12 heteroatoms. The molecule has 0 aromatic heterocycles. The monoisotopic (exact) mass is 634 g/mol. The lowest BCUT2D eigenvalue weighted by atomic mass is 9.83. The summed E-state index contributed by atoms with van der Waals surface area (Å²) >= 11 is 6.68. The normalized spacial score (nSPS) is 34.7. The van der Waals surface area contributed by atoms with Gasteiger partial charge in [0.15, 0.2) is 5.72 Å². The number of allylic oxidation sites excluding steroid dienone is 3. The molecule has 2 saturated heterocycles. The molecule has 3 heterocycles. The summed E-state index contributed by atoms with van der Waals surface area (Å²) in [6.07, 6.45) is 1.65. The number of nitrogens with one attached hydrogen (secondary N) is 1. The minimum absolute atomic E-state index is 0.00361. The van der Waals surface area contributed by atoms with E-state index >= 15 is 0 Å². The molecule has 4 rings (SSSR count). The van der Waals surface area contributed by atoms with Crippen molar-refractivity contribution in [2.75, 3.05) is 26.2 Å². The molecule has 0 saturated carbocycles. The first-order valence-electron chi connectivity index (χ1n) is 14.7. The average Bonchev–Trinajstić information content (AvgIpc) is 3.66. The zero-order valence-electron chi connectivity index (χ0n) is 26.5. The maximum absolute atomic E-state index is 13.8. The van der Waals surface area contributed by atoms with Crippen molar-refractivity contribution in [1.82, 2.24) is 5.32 Å². The van der Waals surface area contributed by atoms with Gasteiger partial charge in [-0.15, -0.1) is 0 Å². The number of nitrogens with zero attached hydrogens (tertiary/aromatic N) is 1. The van der Waals surface area contributed by atoms with Crippen LogP contribution in [0.1, 0.15) is 53.0 Å². The quantitative estimate of drug-likeness (QED) is 0.366. The van der Waals surface area contributed by atoms with Gasteiger partial charge < -0.3 is 33.7 Å². The number of amides is 2. The molecular formula is C32H43ClN2O9. The number of aliphatic hydroxyl groups is 1. The summed E-state index contributed by atoms with van der Waals surface area (Å²) in [5.74, 6) is -1.30. The van der Waals surface area contributed by atoms with Gasteiger partial charge in [0, 0.05) is 26.5 Å². The lowest BCUT2D eigenvalue weighted by Crippen LogP contribution is -2.63. The summed E-state index contributed by atoms with van der Waals surface area (Å²) in [5.41, 5.74) is -0.587. The van der Waals surface area contributed by atoms with E-state index in [4.69, 9.17) is 35.3 Å². The molecule has 242 valence electrons. The Morgan fingerprint density at radius 3 is 2.59 bits per heavy atom. The molecule has 3 aliphatic heterocycles. The van der Waals surface area contributed by atoms with E-state index < -0.39 is 59.6 Å². The van der Waals surface area contributed by atoms with Crippen molar-refractivity contribution in [3.63, 3.8) is 0 Å². The summed E-state index contributed by atoms with van der Waals surface area (Å²) in [6, 6.07) is 3.63. The topological polar surface area (TPSA) is 136 Å². The zero-order chi connectivity index (χ0) is 32.6. The van der Waals surface area contributed by atoms with E-state index in [0.717, 1.165) is 11.1 Å². The van der Waals surface area contributed by atoms with Crippen molar-refractivity contribution in [3.8, 4) is 5.75 Å². The Balaban J connectivity index is 1.80. The van der Waals surface area contributed by atoms with Gasteiger partial charge in [0.05, 0.1) is 31.2 Å². The highest BCUT2D eigenvalue weighted by atomic mass is 35.5. The number of carbonyl (C=O) groups is 3. The lowest BCUT2D eigenvalue weighted by molar-refractivity contribution is -0.157. The molecule has 11 nitrogen and oxygen atoms in total. The van der Waals surface area contributed by atoms with Gasteiger partial charge in [-0.05, 0) is 38.0 Å². The van der Waals surface area contributed by atoms with Crippen molar-refractivity contribution in [2.24, 2.45) is 11.8 Å². The van der Waals surface area contributed by atoms with Crippen molar-refractivity contribution >= 4 is 35.3 Å². The van der Waals surface area contributed by atoms with Crippen LogP contribution in [0.15, 0.2) is 35.9 Å². The van der Waals surface area contributed by atoms with Crippen LogP contribution in [0.25, 0.3) is 0 Å². The molecular weight excluding hydrogens is 592 g/mol. The van der Waals surface area contributed by atoms with Crippen molar-refractivity contribution in [1.29, 1.82) is 0 Å². The van der Waals surface area contributed by atoms with Gasteiger partial charge in [-0.1, -0.05) is 56.2 Å². The number of hydrogen-bond acceptors (Lipinski definition) is 9. The Labute approximate surface area is 263 Å². The van der Waals surface area contributed by atoms with Crippen molar-refractivity contribution in [2.45, 2.75) is 89.6 Å². The van der Waals surface area contributed by atoms with Crippen LogP contribution < -0.4 is 15.0 Å². The summed E-state index contributed by atoms with van der Waals surface area (Å²) in [5, 5.41) is 14.4. The molecule has 4 bridgehead atoms. The molecule has 7 atom stereocenters. The minimum Gasteiger partial charge on any atom is -0.495 e. The predicted octanol–water partition coefficient (Wildman–Crippen LogP) is 4.32. The first kappa shape index (κ1) is 33.8. The second kappa shape index (κ2) is 13.1. The number of hydrogen-bond donors (Lipinski definition) is 2. The number of anilines is 1. The smallest absolute Gasteiger partial charge is 0.409 e. The number of esters is 1. The summed E-state index contributed by atoms with van der Waals surface area (Å²) in [7, 11) is 4.56. The second-order valence-corrected chi connectivity index (χ2v) is 12.8. The van der Waals surface area contributed by atoms with Crippen LogP contribution >= 0.6 is 11.6 Å². The Kier molecular flexibility index (Phi) is 10.0. The fourth-order valence-electron chi connectivity index (χ4n) is 5.88. The van der Waals surface area contributed by atoms with Gasteiger partial charge in [0.2, 0.25) is 5.91 Å². The molecule has 7 unspecified atom stereocenters. The third-order valence-electron chi connectivity index (χ3n) is 8.68. The Bertz CT molecular complexity index is 1350. The van der Waals surface area contributed by atoms with Crippen LogP contribution in [0, 0.1) is 11.8 Å². The molecule has 2 fully saturated rings. The maximum Gasteiger partial charge on any atom is 0.409 e. The number of ether oxygens (including phenoxy) is 5. The number of methoxy groups -OCH3 is 2. The van der Waals surface area contributed by atoms with E-state index in [2.05, 4.69) is 5.32 Å². The molecule has 0 radical (unpaired) electrons. The number of rotatable bonds is 4. The largest absolute Gasteiger partial charge is 0.495 e. The van der Waals surface area contributed by atoms with E-state index in [9.17, 15) is 19.5 Å². The number of carbonyl (C=O) groups excluding carboxylic acids is 3. The summed E-state index contributed by atoms with van der Waals surface area (Å²) in [4.78, 5) is 40.7. The third-order valence-corrected chi connectivity index (χ3v) is 9.06. The first-order valence-corrected chi connectivity index (χ1v) is 15.1. The van der Waals surface area contributed by atoms with E-state index in [1.165, 1.54) is 19.1 Å². The van der Waals surface area contributed by atoms with Crippen molar-refractivity contribution < 1.29 is 43.2 Å². The number of benzene rings is 1. The number of alkyl carbamates (subject to hydrolysis) is 1. The Hall–Kier alpha value is -3.12. The fraction of sp³-hybridized carbons (Fsp3) is 0.594. The minimum atomic E-state index is -1.77. The number of halogens is 1. The summed E-state index contributed by atoms with van der Waals surface area (Å²) < 4.78 is 28.8. The highest BCUT2D eigenvalue weighted by Crippen LogP contribution is 2.49. The maximum atomic E-state index is 13.8. The lowest BCUT2D eigenvalue weighted by Gasteiger charge is -2.42. The van der Waals surface area contributed by atoms with Gasteiger partial charge in [0.1, 0.15) is 34.7 Å². The van der Waals surface area contributed by atoms with Crippen molar-refractivity contribution in [3.05, 3.63) is 46.5 Å². The fourth-order valence-corrected chi connectivity index (χ4v) is 6.19. The van der Waals surface area contributed by atoms with Crippen LogP contribution in [-0.2, 0) is 35.0 Å². The van der Waals surface area contributed by atoms with E-state index in [-0.39, 0.29) is 23.8 Å². The van der Waals surface area contributed by atoms with Gasteiger partial charge in [-0.3, -0.25) is 14.9 Å². The molecule has 2 N–H and O–H groups in total. The van der Waals surface area contributed by atoms with Crippen LogP contribution in [0.3, 0.4) is 0 Å². The highest BCUT2D eigenvalue weighted by molar-refractivity contribution is 6.35. The molecule has 3 aliphatic rings. The Morgan fingerprint density at radius 1 is 1.25 bits per heavy atom. The van der Waals surface area contributed by atoms with E-state index in [0.29, 0.717) is 17.9 Å². The molecule has 1 aromatic rings. The molecule has 1 aromatic carbocycles. The molecule has 0 aliphatic carbocycles. The number of fused-ring (bicyclic) bond motifs is 5. The van der Waals surface area contributed by atoms with Gasteiger partial charge in [0.25, 0.3) is 0 Å². The van der Waals surface area contributed by atoms with Crippen LogP contribution in [-0.4, -0.2) is 80.1 Å². The molecule has 44 heavy (non-hydrogen) atoms.